The first-order chi connectivity index (χ1) is 12.4. The lowest BCUT2D eigenvalue weighted by Gasteiger charge is -2.11. The number of carbonyl (C=O) groups excluding carboxylic acids is 2. The van der Waals surface area contributed by atoms with E-state index in [2.05, 4.69) is 10.6 Å². The van der Waals surface area contributed by atoms with Crippen molar-refractivity contribution in [2.75, 3.05) is 5.32 Å². The van der Waals surface area contributed by atoms with E-state index in [0.29, 0.717) is 16.3 Å². The Morgan fingerprint density at radius 1 is 1.31 bits per heavy atom. The number of hydrogen-bond donors (Lipinski definition) is 3. The normalized spacial score (nSPS) is 13.4. The minimum Gasteiger partial charge on any atom is -0.462 e. The number of thiophene rings is 1. The van der Waals surface area contributed by atoms with E-state index in [1.54, 1.807) is 12.1 Å². The van der Waals surface area contributed by atoms with Crippen LogP contribution in [-0.2, 0) is 17.6 Å². The summed E-state index contributed by atoms with van der Waals surface area (Å²) in [6, 6.07) is 3.58. The lowest BCUT2D eigenvalue weighted by molar-refractivity contribution is -0.115. The van der Waals surface area contributed by atoms with Crippen LogP contribution in [-0.4, -0.2) is 16.9 Å². The number of furan rings is 1. The van der Waals surface area contributed by atoms with Crippen LogP contribution in [0.1, 0.15) is 45.2 Å². The molecule has 0 spiro atoms. The molecule has 2 aromatic rings. The first kappa shape index (κ1) is 18.3. The summed E-state index contributed by atoms with van der Waals surface area (Å²) in [4.78, 5) is 25.0. The van der Waals surface area contributed by atoms with Gasteiger partial charge in [-0.1, -0.05) is 0 Å². The van der Waals surface area contributed by atoms with Crippen molar-refractivity contribution in [1.82, 2.24) is 5.32 Å². The second kappa shape index (κ2) is 7.84. The molecular weight excluding hydrogens is 370 g/mol. The molecule has 1 aliphatic carbocycles. The van der Waals surface area contributed by atoms with Crippen molar-refractivity contribution in [3.05, 3.63) is 45.7 Å². The summed E-state index contributed by atoms with van der Waals surface area (Å²) in [5.74, 6) is 0.481. The van der Waals surface area contributed by atoms with E-state index in [-0.39, 0.29) is 5.11 Å². The van der Waals surface area contributed by atoms with Gasteiger partial charge in [0.1, 0.15) is 16.5 Å². The van der Waals surface area contributed by atoms with Gasteiger partial charge in [-0.15, -0.1) is 11.3 Å². The molecule has 2 heterocycles. The molecule has 0 saturated heterocycles. The number of aryl methyl sites for hydroxylation is 2. The van der Waals surface area contributed by atoms with E-state index >= 15 is 0 Å². The third kappa shape index (κ3) is 4.20. The Balaban J connectivity index is 1.66. The van der Waals surface area contributed by atoms with Crippen LogP contribution in [0.2, 0.25) is 0 Å². The zero-order valence-electron chi connectivity index (χ0n) is 14.3. The summed E-state index contributed by atoms with van der Waals surface area (Å²) in [6.45, 7) is 1.83. The molecule has 4 N–H and O–H groups in total. The van der Waals surface area contributed by atoms with Crippen LogP contribution in [0.4, 0.5) is 5.00 Å². The lowest BCUT2D eigenvalue weighted by atomic mass is 9.95. The zero-order chi connectivity index (χ0) is 18.7. The fraction of sp³-hybridized carbons (Fsp3) is 0.278. The van der Waals surface area contributed by atoms with E-state index in [4.69, 9.17) is 22.4 Å². The molecule has 0 aromatic carbocycles. The molecule has 26 heavy (non-hydrogen) atoms. The molecule has 8 heteroatoms. The second-order valence-corrected chi connectivity index (χ2v) is 7.52. The van der Waals surface area contributed by atoms with Gasteiger partial charge in [0, 0.05) is 11.0 Å². The molecule has 0 radical (unpaired) electrons. The van der Waals surface area contributed by atoms with Crippen molar-refractivity contribution in [3.8, 4) is 0 Å². The van der Waals surface area contributed by atoms with Gasteiger partial charge in [-0.25, -0.2) is 0 Å². The van der Waals surface area contributed by atoms with Gasteiger partial charge in [-0.3, -0.25) is 14.9 Å². The van der Waals surface area contributed by atoms with Crippen LogP contribution in [0.25, 0.3) is 6.08 Å². The number of nitrogens with one attached hydrogen (secondary N) is 2. The summed E-state index contributed by atoms with van der Waals surface area (Å²) < 4.78 is 5.36. The summed E-state index contributed by atoms with van der Waals surface area (Å²) in [6.07, 6.45) is 6.82. The summed E-state index contributed by atoms with van der Waals surface area (Å²) >= 11 is 6.66. The predicted molar refractivity (Wildman–Crippen MR) is 106 cm³/mol. The van der Waals surface area contributed by atoms with Crippen molar-refractivity contribution in [2.45, 2.75) is 32.6 Å². The maximum absolute atomic E-state index is 12.0. The molecule has 2 aromatic heterocycles. The van der Waals surface area contributed by atoms with Gasteiger partial charge in [0.25, 0.3) is 5.91 Å². The Morgan fingerprint density at radius 3 is 2.77 bits per heavy atom. The van der Waals surface area contributed by atoms with Gasteiger partial charge >= 0.3 is 0 Å². The Bertz CT molecular complexity index is 896. The molecule has 0 atom stereocenters. The highest BCUT2D eigenvalue weighted by Crippen LogP contribution is 2.37. The summed E-state index contributed by atoms with van der Waals surface area (Å²) in [5, 5.41) is 6.22. The molecule has 0 unspecified atom stereocenters. The van der Waals surface area contributed by atoms with Crippen LogP contribution in [0, 0.1) is 6.92 Å². The van der Waals surface area contributed by atoms with E-state index in [1.807, 2.05) is 13.0 Å². The molecule has 0 bridgehead atoms. The molecule has 0 saturated carbocycles. The molecular formula is C18H19N3O3S2. The number of carbonyl (C=O) groups is 2. The number of rotatable bonds is 4. The summed E-state index contributed by atoms with van der Waals surface area (Å²) in [5.41, 5.74) is 7.05. The molecule has 6 nitrogen and oxygen atoms in total. The van der Waals surface area contributed by atoms with Crippen LogP contribution in [0.15, 0.2) is 22.6 Å². The van der Waals surface area contributed by atoms with Crippen LogP contribution in [0.5, 0.6) is 0 Å². The Labute approximate surface area is 160 Å². The largest absolute Gasteiger partial charge is 0.462 e. The quantitative estimate of drug-likeness (QED) is 0.551. The predicted octanol–water partition coefficient (Wildman–Crippen LogP) is 3.15. The number of anilines is 1. The highest BCUT2D eigenvalue weighted by atomic mass is 32.1. The molecule has 3 rings (SSSR count). The minimum atomic E-state index is -0.478. The highest BCUT2D eigenvalue weighted by Gasteiger charge is 2.24. The monoisotopic (exact) mass is 389 g/mol. The van der Waals surface area contributed by atoms with E-state index in [9.17, 15) is 9.59 Å². The van der Waals surface area contributed by atoms with Gasteiger partial charge in [0.05, 0.1) is 5.56 Å². The molecule has 1 aliphatic rings. The Hall–Kier alpha value is -2.45. The number of amides is 2. The summed E-state index contributed by atoms with van der Waals surface area (Å²) in [7, 11) is 0. The fourth-order valence-corrected chi connectivity index (χ4v) is 4.47. The maximum Gasteiger partial charge on any atom is 0.251 e. The molecule has 0 aliphatic heterocycles. The topological polar surface area (TPSA) is 97.4 Å². The standard InChI is InChI=1S/C18H19N3O3S2/c1-10-6-7-11(24-10)8-9-14(22)20-18(25)21-17-15(16(19)23)12-4-2-3-5-13(12)26-17/h6-9H,2-5H2,1H3,(H2,19,23)(H2,20,21,22,25). The van der Waals surface area contributed by atoms with Crippen LogP contribution in [0.3, 0.4) is 0 Å². The first-order valence-electron chi connectivity index (χ1n) is 8.25. The van der Waals surface area contributed by atoms with Crippen LogP contribution >= 0.6 is 23.6 Å². The number of nitrogens with two attached hydrogens (primary N) is 1. The number of primary amides is 1. The Kier molecular flexibility index (Phi) is 5.53. The van der Waals surface area contributed by atoms with Gasteiger partial charge in [-0.05, 0) is 68.6 Å². The molecule has 0 fully saturated rings. The third-order valence-electron chi connectivity index (χ3n) is 4.04. The Morgan fingerprint density at radius 2 is 2.08 bits per heavy atom. The van der Waals surface area contributed by atoms with Crippen LogP contribution < -0.4 is 16.4 Å². The van der Waals surface area contributed by atoms with Crippen molar-refractivity contribution in [3.63, 3.8) is 0 Å². The number of thiocarbonyl (C=S) groups is 1. The van der Waals surface area contributed by atoms with Gasteiger partial charge in [0.15, 0.2) is 5.11 Å². The van der Waals surface area contributed by atoms with Crippen molar-refractivity contribution in [2.24, 2.45) is 5.73 Å². The number of fused-ring (bicyclic) bond motifs is 1. The van der Waals surface area contributed by atoms with Crippen molar-refractivity contribution < 1.29 is 14.0 Å². The average molecular weight is 390 g/mol. The van der Waals surface area contributed by atoms with Gasteiger partial charge < -0.3 is 15.5 Å². The molecule has 136 valence electrons. The van der Waals surface area contributed by atoms with E-state index < -0.39 is 11.8 Å². The fourth-order valence-electron chi connectivity index (χ4n) is 2.90. The second-order valence-electron chi connectivity index (χ2n) is 6.00. The average Bonchev–Trinajstić information content (AvgIpc) is 3.15. The van der Waals surface area contributed by atoms with E-state index in [0.717, 1.165) is 41.9 Å². The van der Waals surface area contributed by atoms with E-state index in [1.165, 1.54) is 17.4 Å². The van der Waals surface area contributed by atoms with Gasteiger partial charge in [-0.2, -0.15) is 0 Å². The highest BCUT2D eigenvalue weighted by molar-refractivity contribution is 7.80. The zero-order valence-corrected chi connectivity index (χ0v) is 15.9. The van der Waals surface area contributed by atoms with Crippen molar-refractivity contribution in [1.29, 1.82) is 0 Å². The SMILES string of the molecule is Cc1ccc(C=CC(=O)NC(=S)Nc2sc3c(c2C(N)=O)CCCC3)o1. The minimum absolute atomic E-state index is 0.122. The third-order valence-corrected chi connectivity index (χ3v) is 5.45. The smallest absolute Gasteiger partial charge is 0.251 e. The molecule has 2 amide bonds. The van der Waals surface area contributed by atoms with Crippen molar-refractivity contribution >= 4 is 51.6 Å². The van der Waals surface area contributed by atoms with Gasteiger partial charge in [0.2, 0.25) is 5.91 Å². The first-order valence-corrected chi connectivity index (χ1v) is 9.47. The lowest BCUT2D eigenvalue weighted by Crippen LogP contribution is -2.33. The maximum atomic E-state index is 12.0. The number of hydrogen-bond acceptors (Lipinski definition) is 5.